The van der Waals surface area contributed by atoms with Gasteiger partial charge in [0.2, 0.25) is 11.8 Å². The van der Waals surface area contributed by atoms with Gasteiger partial charge in [0.25, 0.3) is 0 Å². The molecule has 3 rings (SSSR count). The van der Waals surface area contributed by atoms with Crippen LogP contribution >= 0.6 is 23.1 Å². The zero-order chi connectivity index (χ0) is 16.8. The van der Waals surface area contributed by atoms with Crippen molar-refractivity contribution in [3.05, 3.63) is 58.1 Å². The Morgan fingerprint density at radius 1 is 1.25 bits per heavy atom. The molecule has 5 nitrogen and oxygen atoms in total. The molecule has 24 heavy (non-hydrogen) atoms. The van der Waals surface area contributed by atoms with Crippen LogP contribution in [-0.4, -0.2) is 21.9 Å². The van der Waals surface area contributed by atoms with Gasteiger partial charge in [0.15, 0.2) is 0 Å². The zero-order valence-corrected chi connectivity index (χ0v) is 14.8. The molecule has 0 unspecified atom stereocenters. The summed E-state index contributed by atoms with van der Waals surface area (Å²) in [5.74, 6) is 1.36. The van der Waals surface area contributed by atoms with Crippen LogP contribution in [0.4, 0.5) is 6.01 Å². The molecule has 0 spiro atoms. The Balaban J connectivity index is 1.54. The molecule has 2 heterocycles. The average molecular weight is 359 g/mol. The second kappa shape index (κ2) is 8.12. The van der Waals surface area contributed by atoms with E-state index < -0.39 is 0 Å². The number of hydrogen-bond acceptors (Lipinski definition) is 6. The number of thioether (sulfide) groups is 1. The summed E-state index contributed by atoms with van der Waals surface area (Å²) in [5.41, 5.74) is 0.950. The van der Waals surface area contributed by atoms with E-state index in [1.54, 1.807) is 23.1 Å². The van der Waals surface area contributed by atoms with E-state index in [4.69, 9.17) is 4.42 Å². The normalized spacial score (nSPS) is 10.7. The molecule has 0 radical (unpaired) electrons. The van der Waals surface area contributed by atoms with Gasteiger partial charge in [-0.3, -0.25) is 10.1 Å². The Labute approximate surface area is 148 Å². The van der Waals surface area contributed by atoms with Gasteiger partial charge in [-0.1, -0.05) is 30.2 Å². The van der Waals surface area contributed by atoms with Crippen molar-refractivity contribution >= 4 is 35.0 Å². The van der Waals surface area contributed by atoms with E-state index in [1.165, 1.54) is 4.90 Å². The number of rotatable bonds is 7. The molecular weight excluding hydrogens is 342 g/mol. The molecule has 0 saturated carbocycles. The van der Waals surface area contributed by atoms with E-state index in [2.05, 4.69) is 22.4 Å². The first-order chi connectivity index (χ1) is 11.7. The molecule has 0 aliphatic carbocycles. The minimum atomic E-state index is -0.169. The third-order valence-electron chi connectivity index (χ3n) is 3.22. The molecule has 0 saturated heterocycles. The predicted molar refractivity (Wildman–Crippen MR) is 96.6 cm³/mol. The van der Waals surface area contributed by atoms with Crippen molar-refractivity contribution in [3.8, 4) is 0 Å². The molecule has 7 heteroatoms. The van der Waals surface area contributed by atoms with Crippen LogP contribution in [0, 0.1) is 0 Å². The third kappa shape index (κ3) is 4.69. The summed E-state index contributed by atoms with van der Waals surface area (Å²) >= 11 is 3.41. The van der Waals surface area contributed by atoms with Gasteiger partial charge in [-0.15, -0.1) is 28.2 Å². The number of amides is 1. The lowest BCUT2D eigenvalue weighted by Gasteiger charge is -2.03. The van der Waals surface area contributed by atoms with Crippen molar-refractivity contribution < 1.29 is 9.21 Å². The van der Waals surface area contributed by atoms with Gasteiger partial charge >= 0.3 is 6.01 Å². The Bertz CT molecular complexity index is 783. The molecule has 0 aliphatic heterocycles. The van der Waals surface area contributed by atoms with Gasteiger partial charge in [-0.05, 0) is 34.9 Å². The topological polar surface area (TPSA) is 68.0 Å². The average Bonchev–Trinajstić information content (AvgIpc) is 3.22. The molecule has 3 aromatic rings. The predicted octanol–water partition coefficient (Wildman–Crippen LogP) is 4.02. The van der Waals surface area contributed by atoms with E-state index in [-0.39, 0.29) is 18.3 Å². The van der Waals surface area contributed by atoms with Crippen LogP contribution in [0.25, 0.3) is 0 Å². The monoisotopic (exact) mass is 359 g/mol. The second-order valence-electron chi connectivity index (χ2n) is 5.06. The van der Waals surface area contributed by atoms with Gasteiger partial charge in [0, 0.05) is 9.77 Å². The number of carbonyl (C=O) groups is 1. The maximum Gasteiger partial charge on any atom is 0.322 e. The van der Waals surface area contributed by atoms with E-state index >= 15 is 0 Å². The summed E-state index contributed by atoms with van der Waals surface area (Å²) in [5, 5.41) is 12.5. The summed E-state index contributed by atoms with van der Waals surface area (Å²) in [4.78, 5) is 14.4. The fourth-order valence-electron chi connectivity index (χ4n) is 2.16. The van der Waals surface area contributed by atoms with Crippen LogP contribution in [0.3, 0.4) is 0 Å². The standard InChI is InChI=1S/C17H17N3O2S2/c1-2-23-13-7-5-12(6-8-13)10-15(21)18-17-20-19-16(22-17)11-14-4-3-9-24-14/h3-9H,2,10-11H2,1H3,(H,18,20,21). The lowest BCUT2D eigenvalue weighted by molar-refractivity contribution is -0.115. The van der Waals surface area contributed by atoms with E-state index in [9.17, 15) is 4.79 Å². The Kier molecular flexibility index (Phi) is 5.66. The smallest absolute Gasteiger partial charge is 0.322 e. The summed E-state index contributed by atoms with van der Waals surface area (Å²) in [6, 6.07) is 12.1. The van der Waals surface area contributed by atoms with Gasteiger partial charge in [0.05, 0.1) is 12.8 Å². The van der Waals surface area contributed by atoms with E-state index in [0.717, 1.165) is 16.2 Å². The van der Waals surface area contributed by atoms with Crippen molar-refractivity contribution in [3.63, 3.8) is 0 Å². The molecule has 1 aromatic carbocycles. The number of hydrogen-bond donors (Lipinski definition) is 1. The fraction of sp³-hybridized carbons (Fsp3) is 0.235. The molecule has 1 N–H and O–H groups in total. The maximum atomic E-state index is 12.1. The lowest BCUT2D eigenvalue weighted by Crippen LogP contribution is -2.14. The number of nitrogens with one attached hydrogen (secondary N) is 1. The van der Waals surface area contributed by atoms with Crippen molar-refractivity contribution in [2.24, 2.45) is 0 Å². The highest BCUT2D eigenvalue weighted by atomic mass is 32.2. The fourth-order valence-corrected chi connectivity index (χ4v) is 3.51. The highest BCUT2D eigenvalue weighted by Gasteiger charge is 2.11. The molecule has 0 bridgehead atoms. The minimum absolute atomic E-state index is 0.143. The number of nitrogens with zero attached hydrogens (tertiary/aromatic N) is 2. The molecule has 124 valence electrons. The maximum absolute atomic E-state index is 12.1. The van der Waals surface area contributed by atoms with Crippen LogP contribution in [0.1, 0.15) is 23.3 Å². The SMILES string of the molecule is CCSc1ccc(CC(=O)Nc2nnc(Cc3cccs3)o2)cc1. The highest BCUT2D eigenvalue weighted by Crippen LogP contribution is 2.18. The van der Waals surface area contributed by atoms with Crippen molar-refractivity contribution in [1.82, 2.24) is 10.2 Å². The van der Waals surface area contributed by atoms with Crippen LogP contribution < -0.4 is 5.32 Å². The van der Waals surface area contributed by atoms with Crippen LogP contribution in [0.15, 0.2) is 51.1 Å². The minimum Gasteiger partial charge on any atom is -0.407 e. The Morgan fingerprint density at radius 2 is 2.08 bits per heavy atom. The van der Waals surface area contributed by atoms with E-state index in [0.29, 0.717) is 12.3 Å². The molecule has 2 aromatic heterocycles. The molecule has 0 aliphatic rings. The van der Waals surface area contributed by atoms with Gasteiger partial charge < -0.3 is 4.42 Å². The van der Waals surface area contributed by atoms with Gasteiger partial charge in [0.1, 0.15) is 0 Å². The number of carbonyl (C=O) groups excluding carboxylic acids is 1. The number of aromatic nitrogens is 2. The molecule has 0 fully saturated rings. The number of anilines is 1. The first-order valence-electron chi connectivity index (χ1n) is 7.59. The summed E-state index contributed by atoms with van der Waals surface area (Å²) < 4.78 is 5.47. The van der Waals surface area contributed by atoms with Crippen molar-refractivity contribution in [2.75, 3.05) is 11.1 Å². The molecule has 1 amide bonds. The van der Waals surface area contributed by atoms with Crippen LogP contribution in [0.5, 0.6) is 0 Å². The van der Waals surface area contributed by atoms with Gasteiger partial charge in [-0.2, -0.15) is 0 Å². The van der Waals surface area contributed by atoms with Crippen molar-refractivity contribution in [2.45, 2.75) is 24.7 Å². The summed E-state index contributed by atoms with van der Waals surface area (Å²) in [6.07, 6.45) is 0.858. The van der Waals surface area contributed by atoms with Crippen LogP contribution in [-0.2, 0) is 17.6 Å². The first-order valence-corrected chi connectivity index (χ1v) is 9.46. The zero-order valence-electron chi connectivity index (χ0n) is 13.2. The Morgan fingerprint density at radius 3 is 2.79 bits per heavy atom. The number of benzene rings is 1. The molecular formula is C17H17N3O2S2. The molecule has 0 atom stereocenters. The van der Waals surface area contributed by atoms with E-state index in [1.807, 2.05) is 41.8 Å². The summed E-state index contributed by atoms with van der Waals surface area (Å²) in [7, 11) is 0. The largest absolute Gasteiger partial charge is 0.407 e. The summed E-state index contributed by atoms with van der Waals surface area (Å²) in [6.45, 7) is 2.11. The Hall–Kier alpha value is -2.12. The van der Waals surface area contributed by atoms with Crippen molar-refractivity contribution in [1.29, 1.82) is 0 Å². The number of thiophene rings is 1. The van der Waals surface area contributed by atoms with Crippen LogP contribution in [0.2, 0.25) is 0 Å². The lowest BCUT2D eigenvalue weighted by atomic mass is 10.1. The van der Waals surface area contributed by atoms with Gasteiger partial charge in [-0.25, -0.2) is 0 Å². The second-order valence-corrected chi connectivity index (χ2v) is 7.43. The first kappa shape index (κ1) is 16.7. The third-order valence-corrected chi connectivity index (χ3v) is 4.99. The highest BCUT2D eigenvalue weighted by molar-refractivity contribution is 7.99. The quantitative estimate of drug-likeness (QED) is 0.646.